The van der Waals surface area contributed by atoms with E-state index < -0.39 is 24.2 Å². The van der Waals surface area contributed by atoms with Gasteiger partial charge in [-0.05, 0) is 32.1 Å². The first kappa shape index (κ1) is 15.4. The Morgan fingerprint density at radius 1 is 1.20 bits per heavy atom. The second kappa shape index (κ2) is 6.20. The Labute approximate surface area is 116 Å². The molecule has 1 aliphatic carbocycles. The summed E-state index contributed by atoms with van der Waals surface area (Å²) in [7, 11) is 0. The van der Waals surface area contributed by atoms with Crippen LogP contribution in [-0.4, -0.2) is 47.4 Å². The quantitative estimate of drug-likeness (QED) is 0.779. The number of rotatable bonds is 1. The molecule has 20 heavy (non-hydrogen) atoms. The first-order chi connectivity index (χ1) is 9.36. The van der Waals surface area contributed by atoms with E-state index in [0.717, 1.165) is 6.42 Å². The number of β-amino-alcohol motifs (C(OH)–C–C–N with tert-alkyl or cyclic N) is 1. The van der Waals surface area contributed by atoms with Gasteiger partial charge in [-0.15, -0.1) is 0 Å². The predicted octanol–water partition coefficient (Wildman–Crippen LogP) is 2.27. The molecule has 2 aliphatic rings. The molecule has 2 rings (SSSR count). The van der Waals surface area contributed by atoms with Gasteiger partial charge in [0.1, 0.15) is 0 Å². The van der Waals surface area contributed by atoms with Gasteiger partial charge in [-0.1, -0.05) is 6.42 Å². The van der Waals surface area contributed by atoms with Crippen LogP contribution in [0.3, 0.4) is 0 Å². The van der Waals surface area contributed by atoms with E-state index in [-0.39, 0.29) is 25.4 Å². The van der Waals surface area contributed by atoms with Crippen LogP contribution in [0, 0.1) is 5.92 Å². The average molecular weight is 294 g/mol. The Morgan fingerprint density at radius 3 is 2.60 bits per heavy atom. The van der Waals surface area contributed by atoms with Gasteiger partial charge in [-0.2, -0.15) is 13.2 Å². The highest BCUT2D eigenvalue weighted by atomic mass is 19.4. The zero-order chi connectivity index (χ0) is 14.8. The van der Waals surface area contributed by atoms with Crippen molar-refractivity contribution in [2.24, 2.45) is 5.92 Å². The molecule has 0 bridgehead atoms. The molecular formula is C13H21F3N2O2. The van der Waals surface area contributed by atoms with Crippen LogP contribution in [0.15, 0.2) is 0 Å². The lowest BCUT2D eigenvalue weighted by atomic mass is 9.85. The third-order valence-corrected chi connectivity index (χ3v) is 4.15. The minimum absolute atomic E-state index is 0.0361. The Morgan fingerprint density at radius 2 is 1.95 bits per heavy atom. The number of hydrogen-bond acceptors (Lipinski definition) is 2. The van der Waals surface area contributed by atoms with Crippen molar-refractivity contribution in [1.29, 1.82) is 0 Å². The molecule has 4 nitrogen and oxygen atoms in total. The number of carbonyl (C=O) groups excluding carboxylic acids is 1. The van der Waals surface area contributed by atoms with Gasteiger partial charge in [-0.25, -0.2) is 4.79 Å². The number of likely N-dealkylation sites (tertiary alicyclic amines) is 1. The number of halogens is 3. The third-order valence-electron chi connectivity index (χ3n) is 4.15. The molecule has 0 aromatic carbocycles. The molecule has 7 heteroatoms. The van der Waals surface area contributed by atoms with E-state index in [0.29, 0.717) is 25.8 Å². The van der Waals surface area contributed by atoms with Crippen LogP contribution in [0.4, 0.5) is 18.0 Å². The highest BCUT2D eigenvalue weighted by Gasteiger charge is 2.42. The van der Waals surface area contributed by atoms with E-state index in [1.807, 2.05) is 0 Å². The summed E-state index contributed by atoms with van der Waals surface area (Å²) in [4.78, 5) is 13.5. The molecule has 0 aromatic rings. The van der Waals surface area contributed by atoms with Crippen molar-refractivity contribution in [2.75, 3.05) is 13.1 Å². The monoisotopic (exact) mass is 294 g/mol. The lowest BCUT2D eigenvalue weighted by Gasteiger charge is -2.35. The van der Waals surface area contributed by atoms with E-state index in [1.54, 1.807) is 0 Å². The summed E-state index contributed by atoms with van der Waals surface area (Å²) in [6.07, 6.45) is -2.11. The number of alkyl halides is 3. The van der Waals surface area contributed by atoms with Crippen LogP contribution < -0.4 is 5.32 Å². The highest BCUT2D eigenvalue weighted by Crippen LogP contribution is 2.37. The van der Waals surface area contributed by atoms with Crippen LogP contribution in [-0.2, 0) is 0 Å². The van der Waals surface area contributed by atoms with E-state index in [1.165, 1.54) is 4.90 Å². The second-order valence-corrected chi connectivity index (χ2v) is 5.79. The van der Waals surface area contributed by atoms with Crippen LogP contribution >= 0.6 is 0 Å². The lowest BCUT2D eigenvalue weighted by Crippen LogP contribution is -2.51. The molecule has 0 radical (unpaired) electrons. The minimum Gasteiger partial charge on any atom is -0.391 e. The molecule has 1 aliphatic heterocycles. The summed E-state index contributed by atoms with van der Waals surface area (Å²) in [5.41, 5.74) is 0. The highest BCUT2D eigenvalue weighted by molar-refractivity contribution is 5.74. The number of aliphatic hydroxyl groups excluding tert-OH is 1. The van der Waals surface area contributed by atoms with E-state index >= 15 is 0 Å². The van der Waals surface area contributed by atoms with Crippen LogP contribution in [0.25, 0.3) is 0 Å². The normalized spacial score (nSPS) is 32.0. The summed E-state index contributed by atoms with van der Waals surface area (Å²) in [5, 5.41) is 12.2. The van der Waals surface area contributed by atoms with Crippen LogP contribution in [0.2, 0.25) is 0 Å². The second-order valence-electron chi connectivity index (χ2n) is 5.79. The summed E-state index contributed by atoms with van der Waals surface area (Å²) >= 11 is 0. The molecule has 116 valence electrons. The molecule has 1 heterocycles. The van der Waals surface area contributed by atoms with Crippen molar-refractivity contribution in [3.63, 3.8) is 0 Å². The number of nitrogens with zero attached hydrogens (tertiary/aromatic N) is 1. The average Bonchev–Trinajstić information content (AvgIpc) is 2.38. The summed E-state index contributed by atoms with van der Waals surface area (Å²) in [6, 6.07) is -0.765. The zero-order valence-electron chi connectivity index (χ0n) is 11.3. The van der Waals surface area contributed by atoms with Gasteiger partial charge in [0.2, 0.25) is 0 Å². The molecule has 1 saturated carbocycles. The fourth-order valence-electron chi connectivity index (χ4n) is 3.02. The molecule has 3 atom stereocenters. The van der Waals surface area contributed by atoms with Crippen LogP contribution in [0.5, 0.6) is 0 Å². The molecule has 2 N–H and O–H groups in total. The van der Waals surface area contributed by atoms with Gasteiger partial charge in [0.25, 0.3) is 0 Å². The molecule has 2 fully saturated rings. The van der Waals surface area contributed by atoms with E-state index in [9.17, 15) is 23.1 Å². The molecular weight excluding hydrogens is 273 g/mol. The Bertz CT molecular complexity index is 349. The summed E-state index contributed by atoms with van der Waals surface area (Å²) < 4.78 is 38.1. The van der Waals surface area contributed by atoms with Gasteiger partial charge in [0, 0.05) is 19.1 Å². The van der Waals surface area contributed by atoms with Crippen molar-refractivity contribution in [3.05, 3.63) is 0 Å². The molecule has 3 unspecified atom stereocenters. The molecule has 0 aromatic heterocycles. The van der Waals surface area contributed by atoms with Crippen molar-refractivity contribution in [1.82, 2.24) is 10.2 Å². The topological polar surface area (TPSA) is 52.6 Å². The van der Waals surface area contributed by atoms with Crippen molar-refractivity contribution >= 4 is 6.03 Å². The van der Waals surface area contributed by atoms with E-state index in [4.69, 9.17) is 0 Å². The van der Waals surface area contributed by atoms with Gasteiger partial charge in [0.05, 0.1) is 12.0 Å². The first-order valence-electron chi connectivity index (χ1n) is 7.16. The van der Waals surface area contributed by atoms with Crippen molar-refractivity contribution in [2.45, 2.75) is 56.8 Å². The fourth-order valence-corrected chi connectivity index (χ4v) is 3.02. The van der Waals surface area contributed by atoms with Gasteiger partial charge in [-0.3, -0.25) is 0 Å². The number of carbonyl (C=O) groups is 1. The number of hydrogen-bond donors (Lipinski definition) is 2. The van der Waals surface area contributed by atoms with Gasteiger partial charge < -0.3 is 15.3 Å². The fraction of sp³-hybridized carbons (Fsp3) is 0.923. The van der Waals surface area contributed by atoms with Crippen LogP contribution in [0.1, 0.15) is 38.5 Å². The maximum Gasteiger partial charge on any atom is 0.391 e. The molecule has 1 saturated heterocycles. The Kier molecular flexibility index (Phi) is 4.78. The number of aliphatic hydroxyl groups is 1. The maximum absolute atomic E-state index is 12.7. The predicted molar refractivity (Wildman–Crippen MR) is 67.1 cm³/mol. The first-order valence-corrected chi connectivity index (χ1v) is 7.16. The third kappa shape index (κ3) is 4.01. The lowest BCUT2D eigenvalue weighted by molar-refractivity contribution is -0.183. The number of piperidine rings is 1. The summed E-state index contributed by atoms with van der Waals surface area (Å²) in [6.45, 7) is 0.819. The minimum atomic E-state index is -4.18. The van der Waals surface area contributed by atoms with Crippen molar-refractivity contribution < 1.29 is 23.1 Å². The standard InChI is InChI=1S/C13H21F3N2O2/c14-13(15,16)9-3-1-4-10(7-9)17-12(20)18-6-2-5-11(19)8-18/h9-11,19H,1-8H2,(H,17,20). The number of urea groups is 1. The van der Waals surface area contributed by atoms with Gasteiger partial charge >= 0.3 is 12.2 Å². The number of nitrogens with one attached hydrogen (secondary N) is 1. The number of amides is 2. The molecule has 2 amide bonds. The van der Waals surface area contributed by atoms with E-state index in [2.05, 4.69) is 5.32 Å². The Balaban J connectivity index is 1.84. The van der Waals surface area contributed by atoms with Gasteiger partial charge in [0.15, 0.2) is 0 Å². The Hall–Kier alpha value is -0.980. The zero-order valence-corrected chi connectivity index (χ0v) is 11.3. The summed E-state index contributed by atoms with van der Waals surface area (Å²) in [5.74, 6) is -1.31. The molecule has 0 spiro atoms. The van der Waals surface area contributed by atoms with Crippen molar-refractivity contribution in [3.8, 4) is 0 Å². The maximum atomic E-state index is 12.7. The largest absolute Gasteiger partial charge is 0.391 e. The SMILES string of the molecule is O=C(NC1CCCC(C(F)(F)F)C1)N1CCCC(O)C1. The smallest absolute Gasteiger partial charge is 0.391 e.